The van der Waals surface area contributed by atoms with Crippen LogP contribution in [0.1, 0.15) is 27.0 Å². The lowest BCUT2D eigenvalue weighted by Gasteiger charge is -2.33. The van der Waals surface area contributed by atoms with Crippen molar-refractivity contribution in [1.82, 2.24) is 4.90 Å². The second kappa shape index (κ2) is 7.81. The van der Waals surface area contributed by atoms with Gasteiger partial charge in [0.25, 0.3) is 11.8 Å². The van der Waals surface area contributed by atoms with Crippen LogP contribution in [0.25, 0.3) is 0 Å². The van der Waals surface area contributed by atoms with Crippen LogP contribution in [0.5, 0.6) is 0 Å². The second-order valence-electron chi connectivity index (χ2n) is 7.68. The highest BCUT2D eigenvalue weighted by Gasteiger charge is 2.59. The Labute approximate surface area is 189 Å². The highest BCUT2D eigenvalue weighted by atomic mass is 32.2. The van der Waals surface area contributed by atoms with Crippen molar-refractivity contribution in [2.75, 3.05) is 17.2 Å². The highest BCUT2D eigenvalue weighted by molar-refractivity contribution is 8.01. The number of carbonyl (C=O) groups excluding carboxylic acids is 2. The summed E-state index contributed by atoms with van der Waals surface area (Å²) in [5, 5.41) is 9.22. The van der Waals surface area contributed by atoms with Crippen LogP contribution in [0.3, 0.4) is 0 Å². The third-order valence-electron chi connectivity index (χ3n) is 5.81. The molecule has 5 nitrogen and oxygen atoms in total. The van der Waals surface area contributed by atoms with Crippen LogP contribution in [0.2, 0.25) is 0 Å². The molecule has 1 fully saturated rings. The van der Waals surface area contributed by atoms with E-state index in [2.05, 4.69) is 6.07 Å². The largest absolute Gasteiger partial charge is 0.311 e. The van der Waals surface area contributed by atoms with Crippen molar-refractivity contribution in [2.45, 2.75) is 11.4 Å². The van der Waals surface area contributed by atoms with Gasteiger partial charge in [-0.3, -0.25) is 9.59 Å². The van der Waals surface area contributed by atoms with Gasteiger partial charge < -0.3 is 9.80 Å². The number of halogens is 1. The first-order valence-corrected chi connectivity index (χ1v) is 11.1. The fraction of sp³-hybridized carbons (Fsp3) is 0.160. The van der Waals surface area contributed by atoms with Crippen molar-refractivity contribution in [3.8, 4) is 6.07 Å². The second-order valence-corrected chi connectivity index (χ2v) is 8.97. The van der Waals surface area contributed by atoms with E-state index in [9.17, 15) is 19.2 Å². The Morgan fingerprint density at radius 3 is 2.72 bits per heavy atom. The summed E-state index contributed by atoms with van der Waals surface area (Å²) >= 11 is 1.43. The minimum absolute atomic E-state index is 0.201. The number of thioether (sulfide) groups is 1. The number of hydrogen-bond acceptors (Lipinski definition) is 4. The number of benzene rings is 3. The van der Waals surface area contributed by atoms with Crippen LogP contribution in [-0.2, 0) is 16.2 Å². The molecule has 0 aromatic heterocycles. The van der Waals surface area contributed by atoms with Crippen molar-refractivity contribution in [2.24, 2.45) is 0 Å². The van der Waals surface area contributed by atoms with Gasteiger partial charge in [0.1, 0.15) is 5.82 Å². The van der Waals surface area contributed by atoms with Crippen LogP contribution in [0.15, 0.2) is 72.8 Å². The van der Waals surface area contributed by atoms with Crippen LogP contribution in [0, 0.1) is 17.1 Å². The van der Waals surface area contributed by atoms with E-state index in [0.29, 0.717) is 17.9 Å². The van der Waals surface area contributed by atoms with Gasteiger partial charge in [-0.05, 0) is 42.0 Å². The van der Waals surface area contributed by atoms with E-state index < -0.39 is 10.7 Å². The van der Waals surface area contributed by atoms with Gasteiger partial charge in [0, 0.05) is 23.4 Å². The molecule has 32 heavy (non-hydrogen) atoms. The minimum Gasteiger partial charge on any atom is -0.311 e. The van der Waals surface area contributed by atoms with Crippen molar-refractivity contribution in [3.05, 3.63) is 101 Å². The van der Waals surface area contributed by atoms with E-state index in [1.54, 1.807) is 34.1 Å². The van der Waals surface area contributed by atoms with Gasteiger partial charge >= 0.3 is 0 Å². The zero-order valence-electron chi connectivity index (χ0n) is 17.0. The fourth-order valence-electron chi connectivity index (χ4n) is 4.42. The standard InChI is InChI=1S/C25H18FN3O2S/c26-20-8-4-7-19(14-20)23(30)29-11-12-32-25(29)21-9-1-2-10-22(21)28(24(25)31)16-18-6-3-5-17(13-18)15-27/h1-10,13-14H,11-12,16H2/t25-/m1/s1. The monoisotopic (exact) mass is 443 g/mol. The van der Waals surface area contributed by atoms with Gasteiger partial charge in [-0.2, -0.15) is 5.26 Å². The Hall–Kier alpha value is -3.63. The first kappa shape index (κ1) is 20.3. The molecular weight excluding hydrogens is 425 g/mol. The van der Waals surface area contributed by atoms with Crippen molar-refractivity contribution < 1.29 is 14.0 Å². The molecule has 0 aliphatic carbocycles. The SMILES string of the molecule is N#Cc1cccc(CN2C(=O)[C@]3(SCCN3C(=O)c3cccc(F)c3)c3ccccc32)c1. The average molecular weight is 444 g/mol. The van der Waals surface area contributed by atoms with Crippen molar-refractivity contribution in [1.29, 1.82) is 5.26 Å². The Morgan fingerprint density at radius 1 is 1.09 bits per heavy atom. The number of carbonyl (C=O) groups is 2. The van der Waals surface area contributed by atoms with E-state index >= 15 is 0 Å². The molecule has 2 amide bonds. The number of para-hydroxylation sites is 1. The van der Waals surface area contributed by atoms with E-state index in [4.69, 9.17) is 0 Å². The predicted octanol–water partition coefficient (Wildman–Crippen LogP) is 4.29. The number of rotatable bonds is 3. The molecule has 158 valence electrons. The number of hydrogen-bond donors (Lipinski definition) is 0. The molecule has 1 atom stereocenters. The first-order valence-electron chi connectivity index (χ1n) is 10.2. The summed E-state index contributed by atoms with van der Waals surface area (Å²) in [6.45, 7) is 0.674. The molecule has 1 saturated heterocycles. The predicted molar refractivity (Wildman–Crippen MR) is 120 cm³/mol. The van der Waals surface area contributed by atoms with Crippen LogP contribution in [-0.4, -0.2) is 29.0 Å². The number of amides is 2. The number of nitrogens with zero attached hydrogens (tertiary/aromatic N) is 3. The smallest absolute Gasteiger partial charge is 0.268 e. The Morgan fingerprint density at radius 2 is 1.91 bits per heavy atom. The van der Waals surface area contributed by atoms with Gasteiger partial charge in [0.15, 0.2) is 4.87 Å². The molecule has 0 saturated carbocycles. The Bertz CT molecular complexity index is 1290. The van der Waals surface area contributed by atoms with Crippen LogP contribution < -0.4 is 4.90 Å². The van der Waals surface area contributed by atoms with Gasteiger partial charge in [-0.15, -0.1) is 11.8 Å². The third-order valence-corrected chi connectivity index (χ3v) is 7.23. The van der Waals surface area contributed by atoms with Crippen molar-refractivity contribution >= 4 is 29.3 Å². The van der Waals surface area contributed by atoms with E-state index in [-0.39, 0.29) is 23.9 Å². The van der Waals surface area contributed by atoms with Gasteiger partial charge in [0.05, 0.1) is 23.9 Å². The fourth-order valence-corrected chi connectivity index (χ4v) is 5.89. The summed E-state index contributed by atoms with van der Waals surface area (Å²) < 4.78 is 13.8. The normalized spacial score (nSPS) is 19.3. The van der Waals surface area contributed by atoms with Gasteiger partial charge in [-0.1, -0.05) is 36.4 Å². The summed E-state index contributed by atoms with van der Waals surface area (Å²) in [7, 11) is 0. The average Bonchev–Trinajstić information content (AvgIpc) is 3.36. The number of nitriles is 1. The summed E-state index contributed by atoms with van der Waals surface area (Å²) in [5.41, 5.74) is 3.07. The third kappa shape index (κ3) is 3.07. The quantitative estimate of drug-likeness (QED) is 0.606. The molecule has 2 aliphatic rings. The summed E-state index contributed by atoms with van der Waals surface area (Å²) in [4.78, 5) is 29.4. The highest BCUT2D eigenvalue weighted by Crippen LogP contribution is 2.54. The topological polar surface area (TPSA) is 64.4 Å². The van der Waals surface area contributed by atoms with Gasteiger partial charge in [-0.25, -0.2) is 4.39 Å². The van der Waals surface area contributed by atoms with Crippen LogP contribution in [0.4, 0.5) is 10.1 Å². The van der Waals surface area contributed by atoms with E-state index in [1.165, 1.54) is 30.0 Å². The molecule has 2 aliphatic heterocycles. The number of anilines is 1. The molecule has 0 N–H and O–H groups in total. The maximum Gasteiger partial charge on any atom is 0.268 e. The molecule has 0 bridgehead atoms. The summed E-state index contributed by atoms with van der Waals surface area (Å²) in [6.07, 6.45) is 0. The molecule has 5 rings (SSSR count). The molecule has 3 aromatic carbocycles. The minimum atomic E-state index is -1.19. The zero-order valence-corrected chi connectivity index (χ0v) is 17.8. The maximum atomic E-state index is 13.9. The molecular formula is C25H18FN3O2S. The van der Waals surface area contributed by atoms with E-state index in [1.807, 2.05) is 30.3 Å². The first-order chi connectivity index (χ1) is 15.5. The molecule has 3 aromatic rings. The van der Waals surface area contributed by atoms with Gasteiger partial charge in [0.2, 0.25) is 0 Å². The molecule has 7 heteroatoms. The molecule has 0 unspecified atom stereocenters. The Kier molecular flexibility index (Phi) is 4.95. The number of fused-ring (bicyclic) bond motifs is 2. The maximum absolute atomic E-state index is 13.9. The van der Waals surface area contributed by atoms with E-state index in [0.717, 1.165) is 16.8 Å². The molecule has 1 spiro atoms. The molecule has 0 radical (unpaired) electrons. The lowest BCUT2D eigenvalue weighted by Crippen LogP contribution is -2.50. The Balaban J connectivity index is 1.57. The summed E-state index contributed by atoms with van der Waals surface area (Å²) in [5.74, 6) is -0.466. The summed E-state index contributed by atoms with van der Waals surface area (Å²) in [6, 6.07) is 22.3. The lowest BCUT2D eigenvalue weighted by atomic mass is 10.0. The van der Waals surface area contributed by atoms with Crippen LogP contribution >= 0.6 is 11.8 Å². The lowest BCUT2D eigenvalue weighted by molar-refractivity contribution is -0.123. The molecule has 2 heterocycles. The van der Waals surface area contributed by atoms with Crippen molar-refractivity contribution in [3.63, 3.8) is 0 Å². The zero-order chi connectivity index (χ0) is 22.3.